The summed E-state index contributed by atoms with van der Waals surface area (Å²) in [6.45, 7) is 6.05. The summed E-state index contributed by atoms with van der Waals surface area (Å²) in [5, 5.41) is 0. The average molecular weight is 257 g/mol. The highest BCUT2D eigenvalue weighted by Gasteiger charge is 2.28. The van der Waals surface area contributed by atoms with Gasteiger partial charge in [0.1, 0.15) is 0 Å². The van der Waals surface area contributed by atoms with Gasteiger partial charge in [0, 0.05) is 24.6 Å². The Hall–Kier alpha value is -1.75. The summed E-state index contributed by atoms with van der Waals surface area (Å²) in [6, 6.07) is 0.378. The van der Waals surface area contributed by atoms with Crippen molar-refractivity contribution in [1.82, 2.24) is 24.8 Å². The molecule has 1 unspecified atom stereocenters. The van der Waals surface area contributed by atoms with E-state index in [1.807, 2.05) is 13.1 Å². The molecule has 0 amide bonds. The molecule has 1 N–H and O–H groups in total. The van der Waals surface area contributed by atoms with Crippen LogP contribution in [0.5, 0.6) is 0 Å². The first-order chi connectivity index (χ1) is 9.24. The van der Waals surface area contributed by atoms with Crippen LogP contribution in [0.4, 0.5) is 0 Å². The van der Waals surface area contributed by atoms with Gasteiger partial charge in [-0.05, 0) is 33.2 Å². The Morgan fingerprint density at radius 2 is 2.26 bits per heavy atom. The highest BCUT2D eigenvalue weighted by molar-refractivity contribution is 5.12. The molecule has 5 nitrogen and oxygen atoms in total. The van der Waals surface area contributed by atoms with E-state index >= 15 is 0 Å². The van der Waals surface area contributed by atoms with E-state index in [4.69, 9.17) is 0 Å². The van der Waals surface area contributed by atoms with Crippen molar-refractivity contribution >= 4 is 0 Å². The minimum absolute atomic E-state index is 0.378. The second-order valence-corrected chi connectivity index (χ2v) is 5.19. The Morgan fingerprint density at radius 1 is 1.37 bits per heavy atom. The molecule has 0 bridgehead atoms. The Bertz CT molecular complexity index is 562. The second kappa shape index (κ2) is 5.09. The lowest BCUT2D eigenvalue weighted by Gasteiger charge is -2.23. The molecule has 2 aromatic rings. The molecular weight excluding hydrogens is 238 g/mol. The quantitative estimate of drug-likeness (QED) is 0.915. The largest absolute Gasteiger partial charge is 0.348 e. The summed E-state index contributed by atoms with van der Waals surface area (Å²) in [4.78, 5) is 18.9. The molecule has 19 heavy (non-hydrogen) atoms. The van der Waals surface area contributed by atoms with E-state index in [-0.39, 0.29) is 0 Å². The van der Waals surface area contributed by atoms with Crippen LogP contribution in [-0.4, -0.2) is 31.4 Å². The number of aromatic nitrogens is 4. The molecular formula is C14H19N5. The number of hydrogen-bond acceptors (Lipinski definition) is 4. The average Bonchev–Trinajstić information content (AvgIpc) is 3.00. The first-order valence-electron chi connectivity index (χ1n) is 6.75. The fraction of sp³-hybridized carbons (Fsp3) is 0.500. The monoisotopic (exact) mass is 257 g/mol. The van der Waals surface area contributed by atoms with Crippen molar-refractivity contribution in [1.29, 1.82) is 0 Å². The molecule has 0 aliphatic carbocycles. The van der Waals surface area contributed by atoms with Crippen molar-refractivity contribution in [3.63, 3.8) is 0 Å². The lowest BCUT2D eigenvalue weighted by atomic mass is 10.1. The van der Waals surface area contributed by atoms with Gasteiger partial charge in [-0.15, -0.1) is 0 Å². The molecule has 1 atom stereocenters. The lowest BCUT2D eigenvalue weighted by molar-refractivity contribution is 0.240. The Kier molecular flexibility index (Phi) is 3.29. The smallest absolute Gasteiger partial charge is 0.0925 e. The summed E-state index contributed by atoms with van der Waals surface area (Å²) < 4.78 is 0. The summed E-state index contributed by atoms with van der Waals surface area (Å²) in [7, 11) is 0. The van der Waals surface area contributed by atoms with Crippen molar-refractivity contribution in [2.45, 2.75) is 39.3 Å². The molecule has 0 spiro atoms. The Labute approximate surface area is 113 Å². The van der Waals surface area contributed by atoms with Crippen LogP contribution < -0.4 is 0 Å². The van der Waals surface area contributed by atoms with E-state index in [1.165, 1.54) is 6.42 Å². The van der Waals surface area contributed by atoms with Crippen molar-refractivity contribution < 1.29 is 0 Å². The molecule has 100 valence electrons. The minimum atomic E-state index is 0.378. The first kappa shape index (κ1) is 12.3. The fourth-order valence-electron chi connectivity index (χ4n) is 2.73. The number of likely N-dealkylation sites (tertiary alicyclic amines) is 1. The molecule has 0 aromatic carbocycles. The van der Waals surface area contributed by atoms with Crippen LogP contribution in [0.1, 0.15) is 41.7 Å². The highest BCUT2D eigenvalue weighted by atomic mass is 15.2. The van der Waals surface area contributed by atoms with Gasteiger partial charge < -0.3 is 4.98 Å². The summed E-state index contributed by atoms with van der Waals surface area (Å²) in [5.41, 5.74) is 4.36. The highest BCUT2D eigenvalue weighted by Crippen LogP contribution is 2.31. The molecule has 2 aromatic heterocycles. The van der Waals surface area contributed by atoms with E-state index in [2.05, 4.69) is 31.8 Å². The van der Waals surface area contributed by atoms with Gasteiger partial charge in [-0.1, -0.05) is 0 Å². The first-order valence-corrected chi connectivity index (χ1v) is 6.75. The normalized spacial score (nSPS) is 20.0. The Balaban J connectivity index is 1.80. The molecule has 5 heteroatoms. The zero-order valence-electron chi connectivity index (χ0n) is 11.4. The predicted molar refractivity (Wildman–Crippen MR) is 72.5 cm³/mol. The topological polar surface area (TPSA) is 57.7 Å². The van der Waals surface area contributed by atoms with Gasteiger partial charge in [-0.25, -0.2) is 4.98 Å². The van der Waals surface area contributed by atoms with E-state index in [9.17, 15) is 0 Å². The third-order valence-electron chi connectivity index (χ3n) is 3.77. The maximum absolute atomic E-state index is 4.62. The number of imidazole rings is 1. The van der Waals surface area contributed by atoms with Crippen LogP contribution in [0, 0.1) is 13.8 Å². The second-order valence-electron chi connectivity index (χ2n) is 5.19. The van der Waals surface area contributed by atoms with E-state index < -0.39 is 0 Å². The van der Waals surface area contributed by atoms with Crippen LogP contribution in [0.15, 0.2) is 18.7 Å². The molecule has 3 heterocycles. The molecule has 0 saturated carbocycles. The fourth-order valence-corrected chi connectivity index (χ4v) is 2.73. The lowest BCUT2D eigenvalue weighted by Crippen LogP contribution is -2.24. The van der Waals surface area contributed by atoms with Gasteiger partial charge in [-0.3, -0.25) is 14.9 Å². The summed E-state index contributed by atoms with van der Waals surface area (Å²) in [5.74, 6) is 0. The predicted octanol–water partition coefficient (Wildman–Crippen LogP) is 2.15. The SMILES string of the molecule is Cc1cncc(C2CCCN2Cc2nc[nH]c2C)n1. The van der Waals surface area contributed by atoms with Crippen molar-refractivity contribution in [3.8, 4) is 0 Å². The van der Waals surface area contributed by atoms with Crippen LogP contribution >= 0.6 is 0 Å². The number of nitrogens with one attached hydrogen (secondary N) is 1. The number of H-pyrrole nitrogens is 1. The molecule has 0 radical (unpaired) electrons. The standard InChI is InChI=1S/C14H19N5/c1-10-6-15-7-12(18-10)14-4-3-5-19(14)8-13-11(2)16-9-17-13/h6-7,9,14H,3-5,8H2,1-2H3,(H,16,17). The van der Waals surface area contributed by atoms with Gasteiger partial charge in [-0.2, -0.15) is 0 Å². The number of aryl methyl sites for hydroxylation is 2. The third-order valence-corrected chi connectivity index (χ3v) is 3.77. The maximum Gasteiger partial charge on any atom is 0.0925 e. The van der Waals surface area contributed by atoms with Crippen LogP contribution in [-0.2, 0) is 6.54 Å². The zero-order chi connectivity index (χ0) is 13.2. The van der Waals surface area contributed by atoms with Crippen molar-refractivity contribution in [3.05, 3.63) is 41.5 Å². The maximum atomic E-state index is 4.62. The van der Waals surface area contributed by atoms with Crippen molar-refractivity contribution in [2.75, 3.05) is 6.54 Å². The number of hydrogen-bond donors (Lipinski definition) is 1. The summed E-state index contributed by atoms with van der Waals surface area (Å²) >= 11 is 0. The summed E-state index contributed by atoms with van der Waals surface area (Å²) in [6.07, 6.45) is 7.83. The third kappa shape index (κ3) is 2.51. The number of rotatable bonds is 3. The Morgan fingerprint density at radius 3 is 3.00 bits per heavy atom. The molecule has 1 aliphatic heterocycles. The van der Waals surface area contributed by atoms with Crippen LogP contribution in [0.2, 0.25) is 0 Å². The zero-order valence-corrected chi connectivity index (χ0v) is 11.4. The van der Waals surface area contributed by atoms with Gasteiger partial charge in [0.25, 0.3) is 0 Å². The molecule has 1 fully saturated rings. The van der Waals surface area contributed by atoms with Crippen LogP contribution in [0.25, 0.3) is 0 Å². The molecule has 1 aliphatic rings. The van der Waals surface area contributed by atoms with Gasteiger partial charge in [0.05, 0.1) is 29.5 Å². The number of aromatic amines is 1. The van der Waals surface area contributed by atoms with E-state index in [1.54, 1.807) is 12.5 Å². The van der Waals surface area contributed by atoms with Gasteiger partial charge in [0.2, 0.25) is 0 Å². The van der Waals surface area contributed by atoms with Crippen molar-refractivity contribution in [2.24, 2.45) is 0 Å². The van der Waals surface area contributed by atoms with Crippen LogP contribution in [0.3, 0.4) is 0 Å². The van der Waals surface area contributed by atoms with Gasteiger partial charge >= 0.3 is 0 Å². The minimum Gasteiger partial charge on any atom is -0.348 e. The molecule has 1 saturated heterocycles. The number of nitrogens with zero attached hydrogens (tertiary/aromatic N) is 4. The van der Waals surface area contributed by atoms with E-state index in [0.717, 1.165) is 42.3 Å². The van der Waals surface area contributed by atoms with E-state index in [0.29, 0.717) is 6.04 Å². The molecule has 3 rings (SSSR count). The van der Waals surface area contributed by atoms with Gasteiger partial charge in [0.15, 0.2) is 0 Å².